The van der Waals surface area contributed by atoms with Gasteiger partial charge in [-0.25, -0.2) is 0 Å². The Labute approximate surface area is 95.5 Å². The molecule has 2 N–H and O–H groups in total. The van der Waals surface area contributed by atoms with Gasteiger partial charge in [0.15, 0.2) is 0 Å². The number of pyridine rings is 1. The molecule has 1 aromatic rings. The zero-order chi connectivity index (χ0) is 11.3. The minimum Gasteiger partial charge on any atom is -0.395 e. The van der Waals surface area contributed by atoms with Crippen molar-refractivity contribution in [1.82, 2.24) is 10.3 Å². The molecule has 0 aliphatic carbocycles. The summed E-state index contributed by atoms with van der Waals surface area (Å²) in [7, 11) is 0. The number of aromatic nitrogens is 1. The highest BCUT2D eigenvalue weighted by Gasteiger charge is 2.11. The first-order chi connectivity index (χ1) is 7.15. The molecular formula is C11H17ClN2O. The summed E-state index contributed by atoms with van der Waals surface area (Å²) in [6.45, 7) is 4.94. The summed E-state index contributed by atoms with van der Waals surface area (Å²) in [4.78, 5) is 3.92. The van der Waals surface area contributed by atoms with Crippen LogP contribution in [0.3, 0.4) is 0 Å². The molecule has 4 heteroatoms. The SMILES string of the molecule is CC(C)C(CO)NCc1ccncc1Cl. The van der Waals surface area contributed by atoms with E-state index in [1.54, 1.807) is 12.4 Å². The molecule has 0 aromatic carbocycles. The molecule has 0 saturated heterocycles. The topological polar surface area (TPSA) is 45.1 Å². The van der Waals surface area contributed by atoms with Crippen LogP contribution in [0.25, 0.3) is 0 Å². The highest BCUT2D eigenvalue weighted by Crippen LogP contribution is 2.13. The van der Waals surface area contributed by atoms with Crippen molar-refractivity contribution in [3.63, 3.8) is 0 Å². The van der Waals surface area contributed by atoms with E-state index >= 15 is 0 Å². The Morgan fingerprint density at radius 1 is 1.53 bits per heavy atom. The third-order valence-corrected chi connectivity index (χ3v) is 2.75. The molecule has 0 bridgehead atoms. The number of hydrogen-bond acceptors (Lipinski definition) is 3. The summed E-state index contributed by atoms with van der Waals surface area (Å²) in [5, 5.41) is 13.1. The predicted octanol–water partition coefficient (Wildman–Crippen LogP) is 1.84. The Balaban J connectivity index is 2.53. The van der Waals surface area contributed by atoms with Crippen LogP contribution in [0.5, 0.6) is 0 Å². The Kier molecular flexibility index (Phi) is 5.02. The van der Waals surface area contributed by atoms with Gasteiger partial charge in [-0.15, -0.1) is 0 Å². The summed E-state index contributed by atoms with van der Waals surface area (Å²) in [6.07, 6.45) is 3.34. The van der Waals surface area contributed by atoms with Gasteiger partial charge in [-0.2, -0.15) is 0 Å². The molecule has 0 aliphatic rings. The maximum absolute atomic E-state index is 9.14. The van der Waals surface area contributed by atoms with Gasteiger partial charge >= 0.3 is 0 Å². The maximum Gasteiger partial charge on any atom is 0.0634 e. The van der Waals surface area contributed by atoms with E-state index in [1.807, 2.05) is 6.07 Å². The standard InChI is InChI=1S/C11H17ClN2O/c1-8(2)11(7-15)14-5-9-3-4-13-6-10(9)12/h3-4,6,8,11,14-15H,5,7H2,1-2H3. The van der Waals surface area contributed by atoms with Gasteiger partial charge in [-0.05, 0) is 17.5 Å². The van der Waals surface area contributed by atoms with Gasteiger partial charge < -0.3 is 10.4 Å². The van der Waals surface area contributed by atoms with Crippen molar-refractivity contribution in [1.29, 1.82) is 0 Å². The van der Waals surface area contributed by atoms with Crippen molar-refractivity contribution in [3.8, 4) is 0 Å². The van der Waals surface area contributed by atoms with Crippen LogP contribution >= 0.6 is 11.6 Å². The highest BCUT2D eigenvalue weighted by atomic mass is 35.5. The molecule has 0 aliphatic heterocycles. The number of hydrogen-bond donors (Lipinski definition) is 2. The highest BCUT2D eigenvalue weighted by molar-refractivity contribution is 6.31. The molecule has 1 aromatic heterocycles. The molecule has 15 heavy (non-hydrogen) atoms. The van der Waals surface area contributed by atoms with Crippen LogP contribution in [-0.2, 0) is 6.54 Å². The van der Waals surface area contributed by atoms with Crippen LogP contribution in [-0.4, -0.2) is 22.7 Å². The van der Waals surface area contributed by atoms with Gasteiger partial charge in [0.05, 0.1) is 11.6 Å². The van der Waals surface area contributed by atoms with Crippen LogP contribution in [0.15, 0.2) is 18.5 Å². The molecule has 0 saturated carbocycles. The van der Waals surface area contributed by atoms with E-state index in [0.29, 0.717) is 17.5 Å². The lowest BCUT2D eigenvalue weighted by Gasteiger charge is -2.20. The third-order valence-electron chi connectivity index (χ3n) is 2.41. The number of aliphatic hydroxyl groups excluding tert-OH is 1. The average molecular weight is 229 g/mol. The number of rotatable bonds is 5. The summed E-state index contributed by atoms with van der Waals surface area (Å²) < 4.78 is 0. The number of nitrogens with one attached hydrogen (secondary N) is 1. The average Bonchev–Trinajstić information content (AvgIpc) is 2.21. The molecule has 1 atom stereocenters. The van der Waals surface area contributed by atoms with Gasteiger partial charge in [0.1, 0.15) is 0 Å². The molecule has 1 unspecified atom stereocenters. The van der Waals surface area contributed by atoms with Crippen molar-refractivity contribution in [2.24, 2.45) is 5.92 Å². The van der Waals surface area contributed by atoms with Crippen LogP contribution in [0.2, 0.25) is 5.02 Å². The number of aliphatic hydroxyl groups is 1. The van der Waals surface area contributed by atoms with Gasteiger partial charge in [0.2, 0.25) is 0 Å². The lowest BCUT2D eigenvalue weighted by molar-refractivity contribution is 0.210. The first-order valence-corrected chi connectivity index (χ1v) is 5.45. The van der Waals surface area contributed by atoms with Crippen LogP contribution in [0.1, 0.15) is 19.4 Å². The molecule has 0 spiro atoms. The van der Waals surface area contributed by atoms with E-state index in [9.17, 15) is 0 Å². The van der Waals surface area contributed by atoms with Gasteiger partial charge in [-0.3, -0.25) is 4.98 Å². The lowest BCUT2D eigenvalue weighted by Crippen LogP contribution is -2.36. The molecule has 3 nitrogen and oxygen atoms in total. The quantitative estimate of drug-likeness (QED) is 0.809. The van der Waals surface area contributed by atoms with E-state index in [1.165, 1.54) is 0 Å². The second kappa shape index (κ2) is 6.05. The van der Waals surface area contributed by atoms with E-state index in [-0.39, 0.29) is 12.6 Å². The van der Waals surface area contributed by atoms with Gasteiger partial charge in [0.25, 0.3) is 0 Å². The van der Waals surface area contributed by atoms with Crippen molar-refractivity contribution >= 4 is 11.6 Å². The Morgan fingerprint density at radius 2 is 2.27 bits per heavy atom. The van der Waals surface area contributed by atoms with Crippen molar-refractivity contribution < 1.29 is 5.11 Å². The molecular weight excluding hydrogens is 212 g/mol. The van der Waals surface area contributed by atoms with Gasteiger partial charge in [-0.1, -0.05) is 25.4 Å². The largest absolute Gasteiger partial charge is 0.395 e. The fourth-order valence-electron chi connectivity index (χ4n) is 1.30. The summed E-state index contributed by atoms with van der Waals surface area (Å²) >= 11 is 5.97. The molecule has 84 valence electrons. The van der Waals surface area contributed by atoms with Crippen LogP contribution < -0.4 is 5.32 Å². The van der Waals surface area contributed by atoms with Gasteiger partial charge in [0, 0.05) is 25.0 Å². The Morgan fingerprint density at radius 3 is 2.80 bits per heavy atom. The van der Waals surface area contributed by atoms with E-state index < -0.39 is 0 Å². The van der Waals surface area contributed by atoms with Crippen LogP contribution in [0.4, 0.5) is 0 Å². The lowest BCUT2D eigenvalue weighted by atomic mass is 10.1. The minimum atomic E-state index is 0.106. The monoisotopic (exact) mass is 228 g/mol. The second-order valence-electron chi connectivity index (χ2n) is 3.88. The number of halogens is 1. The fourth-order valence-corrected chi connectivity index (χ4v) is 1.49. The first kappa shape index (κ1) is 12.4. The fraction of sp³-hybridized carbons (Fsp3) is 0.545. The van der Waals surface area contributed by atoms with Crippen molar-refractivity contribution in [2.45, 2.75) is 26.4 Å². The molecule has 1 rings (SSSR count). The first-order valence-electron chi connectivity index (χ1n) is 5.07. The molecule has 0 fully saturated rings. The summed E-state index contributed by atoms with van der Waals surface area (Å²) in [5.41, 5.74) is 1.01. The third kappa shape index (κ3) is 3.78. The number of nitrogens with zero attached hydrogens (tertiary/aromatic N) is 1. The minimum absolute atomic E-state index is 0.106. The van der Waals surface area contributed by atoms with Crippen molar-refractivity contribution in [3.05, 3.63) is 29.0 Å². The smallest absolute Gasteiger partial charge is 0.0634 e. The Bertz CT molecular complexity index is 304. The summed E-state index contributed by atoms with van der Waals surface area (Å²) in [5.74, 6) is 0.399. The second-order valence-corrected chi connectivity index (χ2v) is 4.29. The molecule has 0 amide bonds. The zero-order valence-electron chi connectivity index (χ0n) is 9.07. The Hall–Kier alpha value is -0.640. The summed E-state index contributed by atoms with van der Waals surface area (Å²) in [6, 6.07) is 1.98. The van der Waals surface area contributed by atoms with Crippen LogP contribution in [0, 0.1) is 5.92 Å². The van der Waals surface area contributed by atoms with Crippen molar-refractivity contribution in [2.75, 3.05) is 6.61 Å². The zero-order valence-corrected chi connectivity index (χ0v) is 9.83. The van der Waals surface area contributed by atoms with E-state index in [0.717, 1.165) is 5.56 Å². The van der Waals surface area contributed by atoms with E-state index in [4.69, 9.17) is 16.7 Å². The maximum atomic E-state index is 9.14. The molecule has 1 heterocycles. The predicted molar refractivity (Wildman–Crippen MR) is 61.8 cm³/mol. The normalized spacial score (nSPS) is 13.1. The van der Waals surface area contributed by atoms with E-state index in [2.05, 4.69) is 24.1 Å². The molecule has 0 radical (unpaired) electrons.